The molecule has 3 heteroatoms. The minimum Gasteiger partial charge on any atom is -0.494 e. The maximum atomic E-state index is 5.89. The lowest BCUT2D eigenvalue weighted by Gasteiger charge is -2.26. The molecule has 0 amide bonds. The van der Waals surface area contributed by atoms with Crippen LogP contribution < -0.4 is 10.1 Å². The third kappa shape index (κ3) is 5.68. The van der Waals surface area contributed by atoms with Crippen LogP contribution in [0.25, 0.3) is 0 Å². The molecule has 1 saturated heterocycles. The van der Waals surface area contributed by atoms with Crippen LogP contribution in [-0.2, 0) is 0 Å². The second-order valence-corrected chi connectivity index (χ2v) is 6.34. The van der Waals surface area contributed by atoms with Gasteiger partial charge in [-0.2, -0.15) is 0 Å². The smallest absolute Gasteiger partial charge is 0.119 e. The van der Waals surface area contributed by atoms with E-state index in [0.29, 0.717) is 0 Å². The predicted molar refractivity (Wildman–Crippen MR) is 89.2 cm³/mol. The third-order valence-electron chi connectivity index (χ3n) is 4.29. The van der Waals surface area contributed by atoms with Gasteiger partial charge in [0.2, 0.25) is 0 Å². The van der Waals surface area contributed by atoms with E-state index in [-0.39, 0.29) is 0 Å². The molecule has 0 radical (unpaired) electrons. The molecule has 1 aromatic carbocycles. The molecule has 2 rings (SSSR count). The van der Waals surface area contributed by atoms with Crippen molar-refractivity contribution in [2.45, 2.75) is 45.6 Å². The van der Waals surface area contributed by atoms with Crippen molar-refractivity contribution in [3.05, 3.63) is 29.3 Å². The first-order chi connectivity index (χ1) is 10.1. The van der Waals surface area contributed by atoms with E-state index in [9.17, 15) is 0 Å². The van der Waals surface area contributed by atoms with Gasteiger partial charge in [-0.1, -0.05) is 6.07 Å². The van der Waals surface area contributed by atoms with E-state index in [1.165, 1.54) is 36.9 Å². The Hall–Kier alpha value is -1.06. The van der Waals surface area contributed by atoms with Crippen molar-refractivity contribution in [3.63, 3.8) is 0 Å². The highest BCUT2D eigenvalue weighted by Gasteiger charge is 2.15. The SMILES string of the molecule is Cc1cc(C)cc(OCCCN(C)C2CCCNCC2)c1. The van der Waals surface area contributed by atoms with Crippen molar-refractivity contribution in [3.8, 4) is 5.75 Å². The maximum Gasteiger partial charge on any atom is 0.119 e. The highest BCUT2D eigenvalue weighted by molar-refractivity contribution is 5.32. The van der Waals surface area contributed by atoms with Crippen LogP contribution in [0.5, 0.6) is 5.75 Å². The lowest BCUT2D eigenvalue weighted by atomic mass is 10.1. The van der Waals surface area contributed by atoms with Crippen LogP contribution in [0.2, 0.25) is 0 Å². The highest BCUT2D eigenvalue weighted by Crippen LogP contribution is 2.17. The Morgan fingerprint density at radius 2 is 1.90 bits per heavy atom. The molecule has 0 aromatic heterocycles. The first-order valence-corrected chi connectivity index (χ1v) is 8.27. The van der Waals surface area contributed by atoms with Crippen molar-refractivity contribution in [2.24, 2.45) is 0 Å². The van der Waals surface area contributed by atoms with E-state index in [0.717, 1.165) is 37.9 Å². The summed E-state index contributed by atoms with van der Waals surface area (Å²) in [7, 11) is 2.26. The Morgan fingerprint density at radius 3 is 2.67 bits per heavy atom. The number of ether oxygens (including phenoxy) is 1. The molecule has 0 spiro atoms. The summed E-state index contributed by atoms with van der Waals surface area (Å²) < 4.78 is 5.89. The second-order valence-electron chi connectivity index (χ2n) is 6.34. The summed E-state index contributed by atoms with van der Waals surface area (Å²) in [6, 6.07) is 7.16. The van der Waals surface area contributed by atoms with Crippen molar-refractivity contribution < 1.29 is 4.74 Å². The van der Waals surface area contributed by atoms with Crippen molar-refractivity contribution in [2.75, 3.05) is 33.3 Å². The molecular weight excluding hydrogens is 260 g/mol. The van der Waals surface area contributed by atoms with Crippen LogP contribution in [0, 0.1) is 13.8 Å². The normalized spacial score (nSPS) is 19.5. The van der Waals surface area contributed by atoms with E-state index in [1.54, 1.807) is 0 Å². The summed E-state index contributed by atoms with van der Waals surface area (Å²) in [6.07, 6.45) is 4.98. The van der Waals surface area contributed by atoms with Crippen LogP contribution in [0.15, 0.2) is 18.2 Å². The van der Waals surface area contributed by atoms with E-state index in [1.807, 2.05) is 0 Å². The van der Waals surface area contributed by atoms with Gasteiger partial charge in [-0.25, -0.2) is 0 Å². The van der Waals surface area contributed by atoms with E-state index in [2.05, 4.69) is 49.3 Å². The van der Waals surface area contributed by atoms with Gasteiger partial charge < -0.3 is 15.0 Å². The fourth-order valence-electron chi connectivity index (χ4n) is 3.14. The summed E-state index contributed by atoms with van der Waals surface area (Å²) >= 11 is 0. The van der Waals surface area contributed by atoms with Crippen LogP contribution in [0.4, 0.5) is 0 Å². The maximum absolute atomic E-state index is 5.89. The zero-order valence-electron chi connectivity index (χ0n) is 13.8. The molecule has 0 saturated carbocycles. The summed E-state index contributed by atoms with van der Waals surface area (Å²) in [4.78, 5) is 2.51. The molecule has 1 unspecified atom stereocenters. The third-order valence-corrected chi connectivity index (χ3v) is 4.29. The standard InChI is InChI=1S/C18H30N2O/c1-15-12-16(2)14-18(13-15)21-11-5-10-20(3)17-6-4-8-19-9-7-17/h12-14,17,19H,4-11H2,1-3H3. The average molecular weight is 290 g/mol. The minimum absolute atomic E-state index is 0.737. The molecule has 1 aliphatic heterocycles. The fourth-order valence-corrected chi connectivity index (χ4v) is 3.14. The van der Waals surface area contributed by atoms with Gasteiger partial charge in [0.15, 0.2) is 0 Å². The molecule has 1 fully saturated rings. The Balaban J connectivity index is 1.68. The average Bonchev–Trinajstić information content (AvgIpc) is 2.71. The fraction of sp³-hybridized carbons (Fsp3) is 0.667. The topological polar surface area (TPSA) is 24.5 Å². The number of nitrogens with one attached hydrogen (secondary N) is 1. The van der Waals surface area contributed by atoms with Gasteiger partial charge in [-0.15, -0.1) is 0 Å². The number of nitrogens with zero attached hydrogens (tertiary/aromatic N) is 1. The van der Waals surface area contributed by atoms with Crippen LogP contribution in [0.3, 0.4) is 0 Å². The van der Waals surface area contributed by atoms with Gasteiger partial charge in [0, 0.05) is 12.6 Å². The number of benzene rings is 1. The molecule has 1 N–H and O–H groups in total. The Bertz CT molecular complexity index is 405. The quantitative estimate of drug-likeness (QED) is 0.815. The molecule has 0 bridgehead atoms. The van der Waals surface area contributed by atoms with Crippen molar-refractivity contribution in [1.29, 1.82) is 0 Å². The van der Waals surface area contributed by atoms with Crippen molar-refractivity contribution >= 4 is 0 Å². The lowest BCUT2D eigenvalue weighted by Crippen LogP contribution is -2.33. The summed E-state index contributed by atoms with van der Waals surface area (Å²) in [5.74, 6) is 1.01. The first-order valence-electron chi connectivity index (χ1n) is 8.27. The Morgan fingerprint density at radius 1 is 1.14 bits per heavy atom. The largest absolute Gasteiger partial charge is 0.494 e. The van der Waals surface area contributed by atoms with Gasteiger partial charge in [0.05, 0.1) is 6.61 Å². The Labute approximate surface area is 129 Å². The van der Waals surface area contributed by atoms with E-state index >= 15 is 0 Å². The molecule has 3 nitrogen and oxygen atoms in total. The summed E-state index contributed by atoms with van der Waals surface area (Å²) in [5.41, 5.74) is 2.54. The van der Waals surface area contributed by atoms with Crippen LogP contribution >= 0.6 is 0 Å². The predicted octanol–water partition coefficient (Wildman–Crippen LogP) is 3.15. The van der Waals surface area contributed by atoms with Gasteiger partial charge >= 0.3 is 0 Å². The molecule has 118 valence electrons. The zero-order valence-corrected chi connectivity index (χ0v) is 13.8. The summed E-state index contributed by atoms with van der Waals surface area (Å²) in [6.45, 7) is 8.50. The number of hydrogen-bond acceptors (Lipinski definition) is 3. The van der Waals surface area contributed by atoms with Crippen LogP contribution in [-0.4, -0.2) is 44.2 Å². The lowest BCUT2D eigenvalue weighted by molar-refractivity contribution is 0.201. The monoisotopic (exact) mass is 290 g/mol. The highest BCUT2D eigenvalue weighted by atomic mass is 16.5. The molecular formula is C18H30N2O. The Kier molecular flexibility index (Phi) is 6.52. The van der Waals surface area contributed by atoms with Gasteiger partial charge in [0.25, 0.3) is 0 Å². The summed E-state index contributed by atoms with van der Waals surface area (Å²) in [5, 5.41) is 3.48. The molecule has 1 heterocycles. The van der Waals surface area contributed by atoms with Crippen molar-refractivity contribution in [1.82, 2.24) is 10.2 Å². The number of aryl methyl sites for hydroxylation is 2. The molecule has 1 aliphatic rings. The molecule has 0 aliphatic carbocycles. The van der Waals surface area contributed by atoms with Gasteiger partial charge in [0.1, 0.15) is 5.75 Å². The second kappa shape index (κ2) is 8.40. The molecule has 1 atom stereocenters. The molecule has 1 aromatic rings. The molecule has 21 heavy (non-hydrogen) atoms. The van der Waals surface area contributed by atoms with E-state index < -0.39 is 0 Å². The van der Waals surface area contributed by atoms with Gasteiger partial charge in [-0.05, 0) is 82.9 Å². The zero-order chi connectivity index (χ0) is 15.1. The van der Waals surface area contributed by atoms with Crippen LogP contribution in [0.1, 0.15) is 36.8 Å². The van der Waals surface area contributed by atoms with E-state index in [4.69, 9.17) is 4.74 Å². The van der Waals surface area contributed by atoms with Gasteiger partial charge in [-0.3, -0.25) is 0 Å². The first kappa shape index (κ1) is 16.3. The number of hydrogen-bond donors (Lipinski definition) is 1. The minimum atomic E-state index is 0.737. The number of rotatable bonds is 6.